The maximum Gasteiger partial charge on any atom is 0.307 e. The zero-order chi connectivity index (χ0) is 14.0. The molecule has 1 aliphatic carbocycles. The number of aliphatic carboxylic acids is 1. The molecule has 0 aliphatic heterocycles. The summed E-state index contributed by atoms with van der Waals surface area (Å²) < 4.78 is 0. The van der Waals surface area contributed by atoms with Gasteiger partial charge >= 0.3 is 5.97 Å². The van der Waals surface area contributed by atoms with Gasteiger partial charge in [-0.3, -0.25) is 9.59 Å². The van der Waals surface area contributed by atoms with Gasteiger partial charge in [-0.2, -0.15) is 0 Å². The number of halogens is 1. The number of nitrogens with zero attached hydrogens (tertiary/aromatic N) is 1. The maximum atomic E-state index is 12.2. The minimum atomic E-state index is -0.911. The second-order valence-corrected chi connectivity index (χ2v) is 5.12. The van der Waals surface area contributed by atoms with Gasteiger partial charge in [-0.05, 0) is 31.4 Å². The number of carboxylic acids is 1. The van der Waals surface area contributed by atoms with Crippen LogP contribution in [-0.4, -0.2) is 22.0 Å². The molecule has 0 aromatic carbocycles. The first-order valence-corrected chi connectivity index (χ1v) is 6.53. The van der Waals surface area contributed by atoms with Crippen LogP contribution in [0.5, 0.6) is 0 Å². The number of nitrogens with one attached hydrogen (secondary N) is 1. The summed E-state index contributed by atoms with van der Waals surface area (Å²) in [5.41, 5.74) is 1.27. The highest BCUT2D eigenvalue weighted by Gasteiger charge is 2.38. The standard InChI is InChI=1S/C13H15ClN2O3/c1-7-5-6-15-11(14)10(7)16-12(17)8-3-2-4-9(8)13(18)19/h5-6,8-9H,2-4H2,1H3,(H,16,17)(H,18,19). The van der Waals surface area contributed by atoms with Crippen LogP contribution in [0.1, 0.15) is 24.8 Å². The largest absolute Gasteiger partial charge is 0.481 e. The van der Waals surface area contributed by atoms with Gasteiger partial charge in [0.1, 0.15) is 0 Å². The SMILES string of the molecule is Cc1ccnc(Cl)c1NC(=O)C1CCCC1C(=O)O. The monoisotopic (exact) mass is 282 g/mol. The van der Waals surface area contributed by atoms with Gasteiger partial charge in [-0.1, -0.05) is 18.0 Å². The molecule has 2 rings (SSSR count). The van der Waals surface area contributed by atoms with Crippen LogP contribution in [0.25, 0.3) is 0 Å². The Morgan fingerprint density at radius 2 is 2.11 bits per heavy atom. The van der Waals surface area contributed by atoms with Crippen LogP contribution in [0.2, 0.25) is 5.15 Å². The highest BCUT2D eigenvalue weighted by molar-refractivity contribution is 6.32. The number of hydrogen-bond acceptors (Lipinski definition) is 3. The van der Waals surface area contributed by atoms with E-state index in [1.807, 2.05) is 6.92 Å². The van der Waals surface area contributed by atoms with Gasteiger partial charge in [-0.25, -0.2) is 4.98 Å². The summed E-state index contributed by atoms with van der Waals surface area (Å²) in [6, 6.07) is 1.74. The Balaban J connectivity index is 2.15. The van der Waals surface area contributed by atoms with E-state index in [2.05, 4.69) is 10.3 Å². The third-order valence-corrected chi connectivity index (χ3v) is 3.82. The molecular weight excluding hydrogens is 268 g/mol. The highest BCUT2D eigenvalue weighted by atomic mass is 35.5. The molecule has 1 amide bonds. The van der Waals surface area contributed by atoms with E-state index in [0.29, 0.717) is 18.5 Å². The van der Waals surface area contributed by atoms with Crippen molar-refractivity contribution in [3.05, 3.63) is 23.0 Å². The molecule has 1 fully saturated rings. The zero-order valence-electron chi connectivity index (χ0n) is 10.5. The molecule has 1 saturated carbocycles. The Kier molecular flexibility index (Phi) is 4.04. The van der Waals surface area contributed by atoms with Crippen molar-refractivity contribution in [2.24, 2.45) is 11.8 Å². The van der Waals surface area contributed by atoms with Gasteiger partial charge in [-0.15, -0.1) is 0 Å². The van der Waals surface area contributed by atoms with Crippen LogP contribution >= 0.6 is 11.6 Å². The Morgan fingerprint density at radius 1 is 1.42 bits per heavy atom. The summed E-state index contributed by atoms with van der Waals surface area (Å²) in [5, 5.41) is 12.0. The van der Waals surface area contributed by atoms with Crippen molar-refractivity contribution in [2.45, 2.75) is 26.2 Å². The molecule has 0 radical (unpaired) electrons. The number of carbonyl (C=O) groups excluding carboxylic acids is 1. The number of aryl methyl sites for hydroxylation is 1. The van der Waals surface area contributed by atoms with E-state index in [1.54, 1.807) is 12.3 Å². The maximum absolute atomic E-state index is 12.2. The lowest BCUT2D eigenvalue weighted by atomic mass is 9.95. The van der Waals surface area contributed by atoms with Gasteiger partial charge < -0.3 is 10.4 Å². The van der Waals surface area contributed by atoms with E-state index in [0.717, 1.165) is 12.0 Å². The predicted molar refractivity (Wildman–Crippen MR) is 71.1 cm³/mol. The molecule has 102 valence electrons. The number of aromatic nitrogens is 1. The number of amides is 1. The molecule has 0 bridgehead atoms. The summed E-state index contributed by atoms with van der Waals surface area (Å²) in [6.45, 7) is 1.81. The average molecular weight is 283 g/mol. The van der Waals surface area contributed by atoms with Crippen LogP contribution in [-0.2, 0) is 9.59 Å². The first-order valence-electron chi connectivity index (χ1n) is 6.15. The fourth-order valence-corrected chi connectivity index (χ4v) is 2.71. The number of anilines is 1. The van der Waals surface area contributed by atoms with Gasteiger partial charge in [0.15, 0.2) is 5.15 Å². The molecule has 2 atom stereocenters. The van der Waals surface area contributed by atoms with Crippen LogP contribution < -0.4 is 5.32 Å². The lowest BCUT2D eigenvalue weighted by molar-refractivity contribution is -0.145. The molecule has 19 heavy (non-hydrogen) atoms. The minimum absolute atomic E-state index is 0.221. The Morgan fingerprint density at radius 3 is 2.74 bits per heavy atom. The van der Waals surface area contributed by atoms with E-state index in [-0.39, 0.29) is 11.1 Å². The lowest BCUT2D eigenvalue weighted by Crippen LogP contribution is -2.30. The minimum Gasteiger partial charge on any atom is -0.481 e. The lowest BCUT2D eigenvalue weighted by Gasteiger charge is -2.17. The molecule has 0 saturated heterocycles. The van der Waals surface area contributed by atoms with Gasteiger partial charge in [0.25, 0.3) is 0 Å². The Bertz CT molecular complexity index is 498. The molecule has 1 heterocycles. The Labute approximate surface area is 116 Å². The number of rotatable bonds is 3. The second-order valence-electron chi connectivity index (χ2n) is 4.77. The van der Waals surface area contributed by atoms with Crippen molar-refractivity contribution in [1.82, 2.24) is 4.98 Å². The zero-order valence-corrected chi connectivity index (χ0v) is 11.3. The van der Waals surface area contributed by atoms with E-state index >= 15 is 0 Å². The molecule has 2 N–H and O–H groups in total. The molecular formula is C13H15ClN2O3. The molecule has 6 heteroatoms. The second kappa shape index (κ2) is 5.57. The topological polar surface area (TPSA) is 79.3 Å². The fourth-order valence-electron chi connectivity index (χ4n) is 2.46. The fraction of sp³-hybridized carbons (Fsp3) is 0.462. The van der Waals surface area contributed by atoms with Crippen molar-refractivity contribution in [3.8, 4) is 0 Å². The van der Waals surface area contributed by atoms with Crippen LogP contribution in [0, 0.1) is 18.8 Å². The van der Waals surface area contributed by atoms with Crippen molar-refractivity contribution in [1.29, 1.82) is 0 Å². The average Bonchev–Trinajstić information content (AvgIpc) is 2.83. The molecule has 0 spiro atoms. The summed E-state index contributed by atoms with van der Waals surface area (Å²) in [4.78, 5) is 27.2. The van der Waals surface area contributed by atoms with E-state index < -0.39 is 17.8 Å². The van der Waals surface area contributed by atoms with Crippen LogP contribution in [0.3, 0.4) is 0 Å². The number of carbonyl (C=O) groups is 2. The third kappa shape index (κ3) is 2.87. The quantitative estimate of drug-likeness (QED) is 0.835. The number of pyridine rings is 1. The van der Waals surface area contributed by atoms with E-state index in [9.17, 15) is 9.59 Å². The first kappa shape index (κ1) is 13.8. The third-order valence-electron chi connectivity index (χ3n) is 3.53. The predicted octanol–water partition coefficient (Wildman–Crippen LogP) is 2.48. The van der Waals surface area contributed by atoms with E-state index in [4.69, 9.17) is 16.7 Å². The van der Waals surface area contributed by atoms with Crippen molar-refractivity contribution in [3.63, 3.8) is 0 Å². The number of hydrogen-bond donors (Lipinski definition) is 2. The molecule has 1 aromatic rings. The summed E-state index contributed by atoms with van der Waals surface area (Å²) >= 11 is 5.94. The van der Waals surface area contributed by atoms with Crippen LogP contribution in [0.15, 0.2) is 12.3 Å². The Hall–Kier alpha value is -1.62. The summed E-state index contributed by atoms with van der Waals surface area (Å²) in [7, 11) is 0. The van der Waals surface area contributed by atoms with Crippen molar-refractivity contribution in [2.75, 3.05) is 5.32 Å². The molecule has 5 nitrogen and oxygen atoms in total. The van der Waals surface area contributed by atoms with Crippen molar-refractivity contribution < 1.29 is 14.7 Å². The molecule has 2 unspecified atom stereocenters. The smallest absolute Gasteiger partial charge is 0.307 e. The van der Waals surface area contributed by atoms with Gasteiger partial charge in [0.05, 0.1) is 17.5 Å². The van der Waals surface area contributed by atoms with Crippen LogP contribution in [0.4, 0.5) is 5.69 Å². The van der Waals surface area contributed by atoms with E-state index in [1.165, 1.54) is 0 Å². The normalized spacial score (nSPS) is 22.2. The molecule has 1 aromatic heterocycles. The molecule has 1 aliphatic rings. The highest BCUT2D eigenvalue weighted by Crippen LogP contribution is 2.33. The summed E-state index contributed by atoms with van der Waals surface area (Å²) in [5.74, 6) is -2.29. The number of carboxylic acid groups (broad SMARTS) is 1. The first-order chi connectivity index (χ1) is 9.00. The summed E-state index contributed by atoms with van der Waals surface area (Å²) in [6.07, 6.45) is 3.46. The van der Waals surface area contributed by atoms with Gasteiger partial charge in [0, 0.05) is 6.20 Å². The van der Waals surface area contributed by atoms with Crippen molar-refractivity contribution >= 4 is 29.2 Å². The van der Waals surface area contributed by atoms with Gasteiger partial charge in [0.2, 0.25) is 5.91 Å².